The molecule has 0 atom stereocenters. The number of nitrogens with one attached hydrogen (secondary N) is 1. The highest BCUT2D eigenvalue weighted by molar-refractivity contribution is 9.11. The summed E-state index contributed by atoms with van der Waals surface area (Å²) in [5.74, 6) is -0.642. The number of ether oxygens (including phenoxy) is 1. The van der Waals surface area contributed by atoms with Crippen LogP contribution in [0.5, 0.6) is 5.75 Å². The van der Waals surface area contributed by atoms with E-state index >= 15 is 0 Å². The molecule has 1 amide bonds. The summed E-state index contributed by atoms with van der Waals surface area (Å²) >= 11 is 10.1. The fourth-order valence-electron chi connectivity index (χ4n) is 2.29. The molecule has 0 radical (unpaired) electrons. The molecule has 0 bridgehead atoms. The maximum absolute atomic E-state index is 12.6. The van der Waals surface area contributed by atoms with Gasteiger partial charge in [0.2, 0.25) is 0 Å². The van der Waals surface area contributed by atoms with Gasteiger partial charge in [0.05, 0.1) is 16.3 Å². The molecule has 3 aromatic rings. The van der Waals surface area contributed by atoms with Crippen molar-refractivity contribution in [2.24, 2.45) is 5.10 Å². The van der Waals surface area contributed by atoms with Gasteiger partial charge in [0, 0.05) is 32.5 Å². The van der Waals surface area contributed by atoms with Gasteiger partial charge in [-0.1, -0.05) is 28.1 Å². The molecule has 0 saturated carbocycles. The Bertz CT molecular complexity index is 1090. The van der Waals surface area contributed by atoms with Crippen molar-refractivity contribution in [3.8, 4) is 5.75 Å². The summed E-state index contributed by atoms with van der Waals surface area (Å²) in [5.41, 5.74) is 3.73. The average Bonchev–Trinajstić information content (AvgIpc) is 2.71. The maximum Gasteiger partial charge on any atom is 0.344 e. The van der Waals surface area contributed by atoms with Gasteiger partial charge in [0.15, 0.2) is 5.75 Å². The number of esters is 1. The summed E-state index contributed by atoms with van der Waals surface area (Å²) in [6.45, 7) is 0. The van der Waals surface area contributed by atoms with Crippen molar-refractivity contribution in [2.75, 3.05) is 0 Å². The van der Waals surface area contributed by atoms with E-state index in [4.69, 9.17) is 4.74 Å². The van der Waals surface area contributed by atoms with Crippen LogP contribution in [-0.2, 0) is 0 Å². The number of carbonyl (C=O) groups excluding carboxylic acids is 2. The highest BCUT2D eigenvalue weighted by atomic mass is 79.9. The van der Waals surface area contributed by atoms with Crippen LogP contribution in [0, 0.1) is 0 Å². The Morgan fingerprint density at radius 3 is 2.45 bits per heavy atom. The number of rotatable bonds is 5. The highest BCUT2D eigenvalue weighted by Crippen LogP contribution is 2.33. The Kier molecular flexibility index (Phi) is 7.29. The molecule has 146 valence electrons. The summed E-state index contributed by atoms with van der Waals surface area (Å²) in [4.78, 5) is 28.5. The molecule has 2 aromatic carbocycles. The van der Waals surface area contributed by atoms with Crippen LogP contribution < -0.4 is 10.2 Å². The van der Waals surface area contributed by atoms with Gasteiger partial charge in [-0.25, -0.2) is 10.2 Å². The third-order valence-electron chi connectivity index (χ3n) is 3.64. The molecule has 1 N–H and O–H groups in total. The van der Waals surface area contributed by atoms with Crippen LogP contribution in [0.2, 0.25) is 0 Å². The molecule has 0 aliphatic carbocycles. The Balaban J connectivity index is 1.83. The Morgan fingerprint density at radius 2 is 1.72 bits per heavy atom. The van der Waals surface area contributed by atoms with E-state index in [9.17, 15) is 9.59 Å². The molecule has 0 aliphatic rings. The monoisotopic (exact) mass is 579 g/mol. The number of benzene rings is 2. The molecule has 0 saturated heterocycles. The van der Waals surface area contributed by atoms with Gasteiger partial charge in [-0.2, -0.15) is 5.10 Å². The minimum absolute atomic E-state index is 0.274. The highest BCUT2D eigenvalue weighted by Gasteiger charge is 2.17. The number of aromatic nitrogens is 1. The smallest absolute Gasteiger partial charge is 0.344 e. The first-order chi connectivity index (χ1) is 14.0. The molecule has 6 nitrogen and oxygen atoms in total. The third-order valence-corrected chi connectivity index (χ3v) is 5.38. The number of hydrazone groups is 1. The molecular formula is C20H12Br3N3O3. The lowest BCUT2D eigenvalue weighted by molar-refractivity contribution is 0.0732. The summed E-state index contributed by atoms with van der Waals surface area (Å²) in [5, 5.41) is 3.97. The molecule has 1 heterocycles. The molecule has 1 aromatic heterocycles. The van der Waals surface area contributed by atoms with E-state index in [1.807, 2.05) is 0 Å². The van der Waals surface area contributed by atoms with E-state index in [0.717, 1.165) is 4.47 Å². The first kappa shape index (κ1) is 21.4. The van der Waals surface area contributed by atoms with Gasteiger partial charge >= 0.3 is 5.97 Å². The van der Waals surface area contributed by atoms with E-state index in [1.165, 1.54) is 18.6 Å². The number of halogens is 3. The molecule has 0 spiro atoms. The van der Waals surface area contributed by atoms with E-state index in [2.05, 4.69) is 63.3 Å². The van der Waals surface area contributed by atoms with Gasteiger partial charge in [0.25, 0.3) is 5.91 Å². The lowest BCUT2D eigenvalue weighted by atomic mass is 10.2. The topological polar surface area (TPSA) is 80.6 Å². The van der Waals surface area contributed by atoms with Gasteiger partial charge in [-0.05, 0) is 68.3 Å². The number of amides is 1. The second-order valence-electron chi connectivity index (χ2n) is 5.61. The van der Waals surface area contributed by atoms with Gasteiger partial charge in [-0.3, -0.25) is 9.78 Å². The van der Waals surface area contributed by atoms with Crippen LogP contribution >= 0.6 is 47.8 Å². The quantitative estimate of drug-likeness (QED) is 0.191. The van der Waals surface area contributed by atoms with Crippen LogP contribution in [-0.4, -0.2) is 23.1 Å². The molecule has 3 rings (SSSR count). The second-order valence-corrected chi connectivity index (χ2v) is 8.23. The van der Waals surface area contributed by atoms with Crippen molar-refractivity contribution in [1.82, 2.24) is 10.4 Å². The number of carbonyl (C=O) groups is 2. The largest absolute Gasteiger partial charge is 0.421 e. The summed E-state index contributed by atoms with van der Waals surface area (Å²) in [6.07, 6.45) is 4.43. The lowest BCUT2D eigenvalue weighted by Crippen LogP contribution is -2.17. The van der Waals surface area contributed by atoms with Crippen LogP contribution in [0.25, 0.3) is 0 Å². The zero-order chi connectivity index (χ0) is 20.8. The zero-order valence-corrected chi connectivity index (χ0v) is 19.4. The lowest BCUT2D eigenvalue weighted by Gasteiger charge is -2.11. The molecule has 0 aliphatic heterocycles. The van der Waals surface area contributed by atoms with Gasteiger partial charge in [-0.15, -0.1) is 0 Å². The minimum Gasteiger partial charge on any atom is -0.421 e. The van der Waals surface area contributed by atoms with Crippen LogP contribution in [0.1, 0.15) is 26.3 Å². The molecular weight excluding hydrogens is 570 g/mol. The van der Waals surface area contributed by atoms with E-state index in [-0.39, 0.29) is 11.7 Å². The van der Waals surface area contributed by atoms with Crippen molar-refractivity contribution < 1.29 is 14.3 Å². The molecule has 29 heavy (non-hydrogen) atoms. The summed E-state index contributed by atoms with van der Waals surface area (Å²) in [6, 6.07) is 13.6. The van der Waals surface area contributed by atoms with Crippen LogP contribution in [0.3, 0.4) is 0 Å². The summed E-state index contributed by atoms with van der Waals surface area (Å²) in [7, 11) is 0. The number of nitrogens with zero attached hydrogens (tertiary/aromatic N) is 2. The van der Waals surface area contributed by atoms with E-state index in [0.29, 0.717) is 25.6 Å². The predicted molar refractivity (Wildman–Crippen MR) is 120 cm³/mol. The number of pyridine rings is 1. The SMILES string of the molecule is O=C(N/N=C/c1cc(Br)cc(Br)c1OC(=O)c1ccccc1Br)c1ccncc1. The Labute approximate surface area is 191 Å². The first-order valence-electron chi connectivity index (χ1n) is 8.15. The van der Waals surface area contributed by atoms with E-state index < -0.39 is 5.97 Å². The Hall–Kier alpha value is -2.36. The first-order valence-corrected chi connectivity index (χ1v) is 10.5. The third kappa shape index (κ3) is 5.59. The number of hydrogen-bond donors (Lipinski definition) is 1. The van der Waals surface area contributed by atoms with Crippen molar-refractivity contribution in [2.45, 2.75) is 0 Å². The van der Waals surface area contributed by atoms with Crippen molar-refractivity contribution in [1.29, 1.82) is 0 Å². The zero-order valence-electron chi connectivity index (χ0n) is 14.6. The fourth-order valence-corrected chi connectivity index (χ4v) is 4.07. The van der Waals surface area contributed by atoms with Gasteiger partial charge < -0.3 is 4.74 Å². The fraction of sp³-hybridized carbons (Fsp3) is 0. The van der Waals surface area contributed by atoms with Crippen molar-refractivity contribution >= 4 is 65.9 Å². The predicted octanol–water partition coefficient (Wildman–Crippen LogP) is 5.35. The maximum atomic E-state index is 12.6. The standard InChI is InChI=1S/C20H12Br3N3O3/c21-14-9-13(11-25-26-19(27)12-5-7-24-8-6-12)18(17(23)10-14)29-20(28)15-3-1-2-4-16(15)22/h1-11H,(H,26,27)/b25-11+. The minimum atomic E-state index is -0.532. The van der Waals surface area contributed by atoms with Crippen LogP contribution in [0.4, 0.5) is 0 Å². The average molecular weight is 582 g/mol. The van der Waals surface area contributed by atoms with Crippen molar-refractivity contribution in [3.63, 3.8) is 0 Å². The summed E-state index contributed by atoms with van der Waals surface area (Å²) < 4.78 is 7.51. The molecule has 9 heteroatoms. The Morgan fingerprint density at radius 1 is 1.00 bits per heavy atom. The molecule has 0 unspecified atom stereocenters. The number of hydrogen-bond acceptors (Lipinski definition) is 5. The van der Waals surface area contributed by atoms with Crippen molar-refractivity contribution in [3.05, 3.63) is 91.0 Å². The van der Waals surface area contributed by atoms with Crippen LogP contribution in [0.15, 0.2) is 79.4 Å². The van der Waals surface area contributed by atoms with Gasteiger partial charge in [0.1, 0.15) is 0 Å². The second kappa shape index (κ2) is 9.91. The van der Waals surface area contributed by atoms with E-state index in [1.54, 1.807) is 48.5 Å². The molecule has 0 fully saturated rings. The normalized spacial score (nSPS) is 10.7.